The quantitative estimate of drug-likeness (QED) is 0.754. The summed E-state index contributed by atoms with van der Waals surface area (Å²) >= 11 is 1.38. The molecule has 2 aromatic rings. The molecule has 1 saturated heterocycles. The smallest absolute Gasteiger partial charge is 0.262 e. The number of hydrogen-bond donors (Lipinski definition) is 1. The van der Waals surface area contributed by atoms with E-state index in [9.17, 15) is 9.59 Å². The average Bonchev–Trinajstić information content (AvgIpc) is 3.27. The Morgan fingerprint density at radius 3 is 2.45 bits per heavy atom. The molecule has 1 aromatic carbocycles. The Balaban J connectivity index is 1.63. The van der Waals surface area contributed by atoms with Gasteiger partial charge in [-0.1, -0.05) is 32.0 Å². The maximum absolute atomic E-state index is 13.1. The van der Waals surface area contributed by atoms with Crippen molar-refractivity contribution in [2.45, 2.75) is 26.8 Å². The SMILES string of the molecule is CCOc1ccccc1N1CCN(C(=O)[C@H](NC(=O)c2cccs2)C(C)C)CC1. The number of carbonyl (C=O) groups excluding carboxylic acids is 2. The fourth-order valence-electron chi connectivity index (χ4n) is 3.49. The molecule has 1 fully saturated rings. The number of ether oxygens (including phenoxy) is 1. The lowest BCUT2D eigenvalue weighted by Gasteiger charge is -2.38. The van der Waals surface area contributed by atoms with Crippen LogP contribution < -0.4 is 15.0 Å². The van der Waals surface area contributed by atoms with Gasteiger partial charge in [-0.3, -0.25) is 9.59 Å². The van der Waals surface area contributed by atoms with Gasteiger partial charge < -0.3 is 19.9 Å². The van der Waals surface area contributed by atoms with Crippen LogP contribution in [0.3, 0.4) is 0 Å². The van der Waals surface area contributed by atoms with Gasteiger partial charge in [0.1, 0.15) is 11.8 Å². The molecule has 0 bridgehead atoms. The van der Waals surface area contributed by atoms with E-state index >= 15 is 0 Å². The lowest BCUT2D eigenvalue weighted by atomic mass is 10.0. The average molecular weight is 416 g/mol. The first kappa shape index (κ1) is 21.2. The van der Waals surface area contributed by atoms with Crippen LogP contribution in [0.5, 0.6) is 5.75 Å². The van der Waals surface area contributed by atoms with E-state index in [1.807, 2.05) is 55.3 Å². The summed E-state index contributed by atoms with van der Waals surface area (Å²) in [5.41, 5.74) is 1.06. The van der Waals surface area contributed by atoms with Crippen LogP contribution in [0.4, 0.5) is 5.69 Å². The number of hydrogen-bond acceptors (Lipinski definition) is 5. The Kier molecular flexibility index (Phi) is 7.14. The summed E-state index contributed by atoms with van der Waals surface area (Å²) in [4.78, 5) is 30.3. The number of nitrogens with one attached hydrogen (secondary N) is 1. The number of piperazine rings is 1. The molecule has 7 heteroatoms. The summed E-state index contributed by atoms with van der Waals surface area (Å²) in [6.07, 6.45) is 0. The second-order valence-corrected chi connectivity index (χ2v) is 8.33. The molecule has 0 radical (unpaired) electrons. The summed E-state index contributed by atoms with van der Waals surface area (Å²) in [7, 11) is 0. The molecule has 1 aliphatic heterocycles. The van der Waals surface area contributed by atoms with Gasteiger partial charge in [-0.15, -0.1) is 11.3 Å². The molecule has 2 amide bonds. The largest absolute Gasteiger partial charge is 0.492 e. The number of thiophene rings is 1. The van der Waals surface area contributed by atoms with Crippen LogP contribution >= 0.6 is 11.3 Å². The third kappa shape index (κ3) is 5.09. The summed E-state index contributed by atoms with van der Waals surface area (Å²) in [5, 5.41) is 4.79. The minimum absolute atomic E-state index is 0.0114. The van der Waals surface area contributed by atoms with Crippen LogP contribution in [0.1, 0.15) is 30.4 Å². The van der Waals surface area contributed by atoms with Crippen molar-refractivity contribution in [2.75, 3.05) is 37.7 Å². The molecule has 0 aliphatic carbocycles. The molecule has 156 valence electrons. The molecule has 0 saturated carbocycles. The van der Waals surface area contributed by atoms with E-state index < -0.39 is 6.04 Å². The van der Waals surface area contributed by atoms with E-state index in [0.717, 1.165) is 24.5 Å². The molecule has 1 aromatic heterocycles. The van der Waals surface area contributed by atoms with Crippen molar-refractivity contribution in [3.05, 3.63) is 46.7 Å². The predicted octanol–water partition coefficient (Wildman–Crippen LogP) is 3.25. The molecular weight excluding hydrogens is 386 g/mol. The van der Waals surface area contributed by atoms with Gasteiger partial charge in [-0.2, -0.15) is 0 Å². The summed E-state index contributed by atoms with van der Waals surface area (Å²) < 4.78 is 5.74. The summed E-state index contributed by atoms with van der Waals surface area (Å²) in [6, 6.07) is 11.1. The molecule has 3 rings (SSSR count). The maximum atomic E-state index is 13.1. The molecule has 29 heavy (non-hydrogen) atoms. The van der Waals surface area contributed by atoms with E-state index in [0.29, 0.717) is 24.6 Å². The predicted molar refractivity (Wildman–Crippen MR) is 117 cm³/mol. The van der Waals surface area contributed by atoms with Crippen LogP contribution in [0.2, 0.25) is 0 Å². The highest BCUT2D eigenvalue weighted by Gasteiger charge is 2.31. The second kappa shape index (κ2) is 9.78. The number of para-hydroxylation sites is 2. The summed E-state index contributed by atoms with van der Waals surface area (Å²) in [5.74, 6) is 0.695. The Bertz CT molecular complexity index is 814. The normalized spacial score (nSPS) is 15.3. The van der Waals surface area contributed by atoms with E-state index in [1.54, 1.807) is 6.07 Å². The number of nitrogens with zero attached hydrogens (tertiary/aromatic N) is 2. The Hall–Kier alpha value is -2.54. The zero-order valence-electron chi connectivity index (χ0n) is 17.3. The molecular formula is C22H29N3O3S. The van der Waals surface area contributed by atoms with Crippen LogP contribution in [0.15, 0.2) is 41.8 Å². The van der Waals surface area contributed by atoms with Crippen molar-refractivity contribution < 1.29 is 14.3 Å². The van der Waals surface area contributed by atoms with Gasteiger partial charge in [-0.25, -0.2) is 0 Å². The second-order valence-electron chi connectivity index (χ2n) is 7.39. The van der Waals surface area contributed by atoms with Crippen LogP contribution in [-0.2, 0) is 4.79 Å². The molecule has 6 nitrogen and oxygen atoms in total. The Labute approximate surface area is 176 Å². The molecule has 1 atom stereocenters. The molecule has 0 spiro atoms. The van der Waals surface area contributed by atoms with Gasteiger partial charge >= 0.3 is 0 Å². The van der Waals surface area contributed by atoms with Crippen molar-refractivity contribution in [1.82, 2.24) is 10.2 Å². The highest BCUT2D eigenvalue weighted by atomic mass is 32.1. The van der Waals surface area contributed by atoms with Gasteiger partial charge in [0.05, 0.1) is 17.2 Å². The fraction of sp³-hybridized carbons (Fsp3) is 0.455. The van der Waals surface area contributed by atoms with Gasteiger partial charge in [0, 0.05) is 26.2 Å². The van der Waals surface area contributed by atoms with E-state index in [1.165, 1.54) is 11.3 Å². The van der Waals surface area contributed by atoms with E-state index in [2.05, 4.69) is 16.3 Å². The van der Waals surface area contributed by atoms with E-state index in [-0.39, 0.29) is 17.7 Å². The van der Waals surface area contributed by atoms with Crippen LogP contribution in [-0.4, -0.2) is 55.5 Å². The molecule has 2 heterocycles. The maximum Gasteiger partial charge on any atom is 0.262 e. The van der Waals surface area contributed by atoms with Crippen molar-refractivity contribution in [3.8, 4) is 5.75 Å². The highest BCUT2D eigenvalue weighted by Crippen LogP contribution is 2.29. The number of amides is 2. The first-order valence-electron chi connectivity index (χ1n) is 10.1. The number of rotatable bonds is 7. The zero-order chi connectivity index (χ0) is 20.8. The molecule has 1 N–H and O–H groups in total. The summed E-state index contributed by atoms with van der Waals surface area (Å²) in [6.45, 7) is 9.24. The van der Waals surface area contributed by atoms with E-state index in [4.69, 9.17) is 4.74 Å². The number of benzene rings is 1. The van der Waals surface area contributed by atoms with Gasteiger partial charge in [0.2, 0.25) is 5.91 Å². The zero-order valence-corrected chi connectivity index (χ0v) is 18.1. The van der Waals surface area contributed by atoms with Gasteiger partial charge in [-0.05, 0) is 36.4 Å². The van der Waals surface area contributed by atoms with Crippen molar-refractivity contribution in [2.24, 2.45) is 5.92 Å². The lowest BCUT2D eigenvalue weighted by molar-refractivity contribution is -0.134. The minimum Gasteiger partial charge on any atom is -0.492 e. The van der Waals surface area contributed by atoms with Crippen LogP contribution in [0.25, 0.3) is 0 Å². The monoisotopic (exact) mass is 415 g/mol. The lowest BCUT2D eigenvalue weighted by Crippen LogP contribution is -2.56. The number of anilines is 1. The number of carbonyl (C=O) groups is 2. The third-order valence-corrected chi connectivity index (χ3v) is 5.93. The fourth-order valence-corrected chi connectivity index (χ4v) is 4.12. The standard InChI is InChI=1S/C22H29N3O3S/c1-4-28-18-9-6-5-8-17(18)24-11-13-25(14-12-24)22(27)20(16(2)3)23-21(26)19-10-7-15-29-19/h5-10,15-16,20H,4,11-14H2,1-3H3,(H,23,26)/t20-/m1/s1. The highest BCUT2D eigenvalue weighted by molar-refractivity contribution is 7.12. The Morgan fingerprint density at radius 1 is 1.10 bits per heavy atom. The third-order valence-electron chi connectivity index (χ3n) is 5.06. The first-order chi connectivity index (χ1) is 14.0. The molecule has 1 aliphatic rings. The van der Waals surface area contributed by atoms with Crippen molar-refractivity contribution >= 4 is 28.8 Å². The molecule has 0 unspecified atom stereocenters. The van der Waals surface area contributed by atoms with Crippen molar-refractivity contribution in [1.29, 1.82) is 0 Å². The van der Waals surface area contributed by atoms with Gasteiger partial charge in [0.15, 0.2) is 0 Å². The van der Waals surface area contributed by atoms with Crippen molar-refractivity contribution in [3.63, 3.8) is 0 Å². The topological polar surface area (TPSA) is 61.9 Å². The van der Waals surface area contributed by atoms with Gasteiger partial charge in [0.25, 0.3) is 5.91 Å². The Morgan fingerprint density at radius 2 is 1.83 bits per heavy atom. The first-order valence-corrected chi connectivity index (χ1v) is 11.0. The minimum atomic E-state index is -0.521. The van der Waals surface area contributed by atoms with Crippen LogP contribution in [0, 0.1) is 5.92 Å².